The van der Waals surface area contributed by atoms with Crippen molar-refractivity contribution in [1.82, 2.24) is 60.8 Å². The topological polar surface area (TPSA) is 431 Å². The lowest BCUT2D eigenvalue weighted by Crippen LogP contribution is -2.59. The van der Waals surface area contributed by atoms with Crippen molar-refractivity contribution >= 4 is 138 Å². The number of benzene rings is 2. The molecule has 2 unspecified atom stereocenters. The number of esters is 2. The van der Waals surface area contributed by atoms with Crippen molar-refractivity contribution in [2.75, 3.05) is 64.2 Å². The van der Waals surface area contributed by atoms with Gasteiger partial charge in [-0.1, -0.05) is 91.4 Å². The molecular formula is C100H134Cl2F4N14O21S2. The maximum atomic E-state index is 15.0. The number of nitrogens with zero attached hydrogens (tertiary/aromatic N) is 8. The molecule has 0 radical (unpaired) electrons. The predicted octanol–water partition coefficient (Wildman–Crippen LogP) is 16.5. The van der Waals surface area contributed by atoms with Crippen LogP contribution >= 0.6 is 45.9 Å². The number of halogens is 6. The first-order valence-corrected chi connectivity index (χ1v) is 51.5. The Labute approximate surface area is 847 Å². The van der Waals surface area contributed by atoms with E-state index in [1.807, 2.05) is 93.8 Å². The van der Waals surface area contributed by atoms with Gasteiger partial charge in [-0.2, -0.15) is 0 Å². The van der Waals surface area contributed by atoms with Gasteiger partial charge in [-0.15, -0.1) is 22.7 Å². The third-order valence-electron chi connectivity index (χ3n) is 27.7. The van der Waals surface area contributed by atoms with E-state index in [0.29, 0.717) is 104 Å². The Balaban J connectivity index is 0.000000200. The van der Waals surface area contributed by atoms with Crippen LogP contribution in [0.25, 0.3) is 44.6 Å². The van der Waals surface area contributed by atoms with E-state index in [9.17, 15) is 70.6 Å². The molecule has 6 aliphatic carbocycles. The van der Waals surface area contributed by atoms with Crippen molar-refractivity contribution in [2.45, 2.75) is 321 Å². The van der Waals surface area contributed by atoms with Crippen molar-refractivity contribution in [3.05, 3.63) is 57.2 Å². The SMILES string of the molecule is CC(C)(C)OC(=O)N1CC(F)(F)C[C@H]1CO.CC[C@@H]1C[C@]1(NC(=O)[C@@H]1C[C@@H](Oc2cc(-c3csc(NC(C)C)n3)nc3c(Cl)c(O)ccc23)CN1C(=O)[C@@H](NC(=O)OC1C[C@@H]2C[C@@H]2C1)C(C)(C)C)C(=O)OC.CC[C@@H]1C[C@]1(NC(=O)[C@@H]1C[C@@H](Oc2cc(-c3csc(NC(C)C)n3)nc3c(Cl)c(OC[C@@H]4CC(F)(F)CN4C(=O)OC(C)(C)C)ccc23)CN1C(=O)[C@@H](NC(=O)OC1C[C@@H]2C[C@@H]2C1)C(C)(C)C)C(=O)OC. The number of nitrogens with one attached hydrogen (secondary N) is 6. The highest BCUT2D eigenvalue weighted by Crippen LogP contribution is 2.55. The van der Waals surface area contributed by atoms with Crippen molar-refractivity contribution < 1.29 is 118 Å². The number of hydrogen-bond donors (Lipinski definition) is 8. The second-order valence-corrected chi connectivity index (χ2v) is 46.7. The molecule has 0 bridgehead atoms. The van der Waals surface area contributed by atoms with Gasteiger partial charge in [0.1, 0.15) is 122 Å². The first-order chi connectivity index (χ1) is 66.9. The summed E-state index contributed by atoms with van der Waals surface area (Å²) in [4.78, 5) is 160. The highest BCUT2D eigenvalue weighted by atomic mass is 35.5. The molecule has 8 heterocycles. The number of aliphatic hydroxyl groups excluding tert-OH is 1. The minimum absolute atomic E-state index is 0.00875. The Morgan fingerprint density at radius 3 is 1.27 bits per heavy atom. The van der Waals surface area contributed by atoms with Crippen molar-refractivity contribution in [3.63, 3.8) is 0 Å². The molecule has 6 aromatic rings. The average Bonchev–Trinajstić information content (AvgIpc) is 1.58. The van der Waals surface area contributed by atoms with Gasteiger partial charge in [0.05, 0.1) is 81.5 Å². The number of fused-ring (bicyclic) bond motifs is 4. The molecule has 10 fully saturated rings. The average molecular weight is 2080 g/mol. The second-order valence-electron chi connectivity index (χ2n) is 44.3. The molecule has 4 aromatic heterocycles. The number of aliphatic hydroxyl groups is 1. The Hall–Kier alpha value is -10.5. The minimum Gasteiger partial charge on any atom is -0.506 e. The minimum atomic E-state index is -3.17. The number of amides is 8. The highest BCUT2D eigenvalue weighted by molar-refractivity contribution is 7.14. The second kappa shape index (κ2) is 42.1. The zero-order chi connectivity index (χ0) is 104. The molecule has 8 N–H and O–H groups in total. The molecule has 0 spiro atoms. The van der Waals surface area contributed by atoms with Crippen LogP contribution < -0.4 is 46.1 Å². The van der Waals surface area contributed by atoms with E-state index in [4.69, 9.17) is 90.9 Å². The number of anilines is 2. The summed E-state index contributed by atoms with van der Waals surface area (Å²) in [6, 6.07) is 3.73. The summed E-state index contributed by atoms with van der Waals surface area (Å²) >= 11 is 16.5. The summed E-state index contributed by atoms with van der Waals surface area (Å²) in [6.45, 7) is 30.3. The number of phenols is 1. The zero-order valence-corrected chi connectivity index (χ0v) is 87.6. The number of ether oxygens (including phenoxy) is 9. The molecule has 143 heavy (non-hydrogen) atoms. The third-order valence-corrected chi connectivity index (χ3v) is 30.0. The Morgan fingerprint density at radius 1 is 0.503 bits per heavy atom. The number of rotatable bonds is 28. The molecule has 4 saturated heterocycles. The van der Waals surface area contributed by atoms with Crippen LogP contribution in [0.1, 0.15) is 215 Å². The van der Waals surface area contributed by atoms with E-state index in [0.717, 1.165) is 41.9 Å². The summed E-state index contributed by atoms with van der Waals surface area (Å²) in [5, 5.41) is 43.6. The molecule has 2 aromatic carbocycles. The number of aromatic nitrogens is 4. The molecule has 6 saturated carbocycles. The molecule has 784 valence electrons. The van der Waals surface area contributed by atoms with Gasteiger partial charge in [0.15, 0.2) is 10.3 Å². The summed E-state index contributed by atoms with van der Waals surface area (Å²) in [7, 11) is 2.55. The number of phenolic OH excluding ortho intramolecular Hbond substituents is 1. The van der Waals surface area contributed by atoms with Crippen LogP contribution in [0.4, 0.5) is 47.0 Å². The van der Waals surface area contributed by atoms with Crippen LogP contribution in [-0.4, -0.2) is 270 Å². The molecule has 43 heteroatoms. The van der Waals surface area contributed by atoms with Crippen LogP contribution in [0.3, 0.4) is 0 Å². The molecule has 18 atom stereocenters. The van der Waals surface area contributed by atoms with Crippen LogP contribution in [0.2, 0.25) is 10.0 Å². The number of aromatic hydroxyl groups is 1. The smallest absolute Gasteiger partial charge is 0.410 e. The van der Waals surface area contributed by atoms with Gasteiger partial charge in [0.2, 0.25) is 23.6 Å². The number of carbonyl (C=O) groups excluding carboxylic acids is 10. The summed E-state index contributed by atoms with van der Waals surface area (Å²) in [6.07, 6.45) is 1.50. The monoisotopic (exact) mass is 2080 g/mol. The fourth-order valence-electron chi connectivity index (χ4n) is 20.1. The Bertz CT molecular complexity index is 5760. The van der Waals surface area contributed by atoms with Crippen molar-refractivity contribution in [3.8, 4) is 45.8 Å². The fraction of sp³-hybridized carbons (Fsp3) is 0.660. The van der Waals surface area contributed by atoms with Crippen molar-refractivity contribution in [2.24, 2.45) is 46.3 Å². The van der Waals surface area contributed by atoms with Gasteiger partial charge >= 0.3 is 36.3 Å². The Kier molecular flexibility index (Phi) is 31.9. The van der Waals surface area contributed by atoms with E-state index in [-0.39, 0.29) is 101 Å². The van der Waals surface area contributed by atoms with Gasteiger partial charge in [0, 0.05) is 71.4 Å². The maximum Gasteiger partial charge on any atom is 0.410 e. The Morgan fingerprint density at radius 2 is 0.895 bits per heavy atom. The number of likely N-dealkylation sites (tertiary alicyclic amines) is 4. The quantitative estimate of drug-likeness (QED) is 0.0128. The summed E-state index contributed by atoms with van der Waals surface area (Å²) in [5.41, 5.74) is -3.31. The van der Waals surface area contributed by atoms with Crippen LogP contribution in [-0.2, 0) is 57.2 Å². The van der Waals surface area contributed by atoms with Crippen molar-refractivity contribution in [1.29, 1.82) is 0 Å². The number of pyridine rings is 2. The summed E-state index contributed by atoms with van der Waals surface area (Å²) < 4.78 is 108. The number of thiazole rings is 2. The third kappa shape index (κ3) is 25.4. The molecule has 35 nitrogen and oxygen atoms in total. The highest BCUT2D eigenvalue weighted by Gasteiger charge is 2.65. The van der Waals surface area contributed by atoms with E-state index in [2.05, 4.69) is 31.9 Å². The van der Waals surface area contributed by atoms with Gasteiger partial charge in [-0.25, -0.2) is 66.3 Å². The summed E-state index contributed by atoms with van der Waals surface area (Å²) in [5.74, 6) is -6.65. The van der Waals surface area contributed by atoms with E-state index in [1.54, 1.807) is 71.9 Å². The zero-order valence-electron chi connectivity index (χ0n) is 84.5. The molecule has 10 aliphatic rings. The number of methoxy groups -OCH3 is 2. The van der Waals surface area contributed by atoms with Crippen LogP contribution in [0.15, 0.2) is 47.2 Å². The lowest BCUT2D eigenvalue weighted by atomic mass is 9.85. The van der Waals surface area contributed by atoms with Gasteiger partial charge in [-0.05, 0) is 191 Å². The standard InChI is InChI=1S/C50H66ClF2N7O10S.C40H51ClN6O8S.C10H17F2NO3/c1-11-28-19-50(28,43(63)66-10)58-41(61)35-17-31(21-59(35)42(62)40(47(4,5)6)57-45(64)69-30-15-26-14-27(26)16-30)68-37-18-33(34-23-71-44(56-34)54-25(2)3)55-39-32(37)12-13-36(38(39)51)67-22-29-20-49(52,53)24-60(29)46(65)70-48(7,8)9;1-8-22-16-40(22,36(51)53-7)46-34(49)28-14-24(17-47(28)35(50)33(39(4,5)6)45-38(52)55-23-12-20-11-21(20)13-23)54-30-15-26(27-18-56-37(44-27)42-19(2)3)43-32-25(30)9-10-29(48)31(32)41;1-9(2,3)16-8(15)13-6-10(11,12)4-7(13)5-14/h12-13,18,23,25-31,35,40H,11,14-17,19-22,24H2,1-10H3,(H,54,56)(H,57,64)(H,58,61);9-10,15,18-24,28,33,48H,8,11-14,16-17H2,1-7H3,(H,42,44)(H,45,52)(H,46,49);7,14H,4-6H2,1-3H3/t26-,27+,28-,29+,30?,31-,35+,40-,50-;20-,21+,22-,23?,24-,28+,33-,40-;7-/m110/s1. The first kappa shape index (κ1) is 108. The molecular weight excluding hydrogens is 1940 g/mol. The van der Waals surface area contributed by atoms with E-state index >= 15 is 0 Å². The number of hydrogen-bond acceptors (Lipinski definition) is 29. The van der Waals surface area contributed by atoms with E-state index < -0.39 is 186 Å². The lowest BCUT2D eigenvalue weighted by Gasteiger charge is -2.35. The molecule has 8 amide bonds. The first-order valence-electron chi connectivity index (χ1n) is 49.0. The fourth-order valence-corrected chi connectivity index (χ4v) is 22.3. The molecule has 16 rings (SSSR count). The van der Waals surface area contributed by atoms with Crippen LogP contribution in [0, 0.1) is 46.3 Å². The largest absolute Gasteiger partial charge is 0.506 e. The normalized spacial score (nSPS) is 26.7. The maximum absolute atomic E-state index is 15.0. The van der Waals surface area contributed by atoms with Gasteiger partial charge < -0.3 is 94.5 Å². The number of alkyl halides is 4. The predicted molar refractivity (Wildman–Crippen MR) is 527 cm³/mol. The van der Waals surface area contributed by atoms with E-state index in [1.165, 1.54) is 59.2 Å². The van der Waals surface area contributed by atoms with Crippen LogP contribution in [0.5, 0.6) is 23.0 Å². The van der Waals surface area contributed by atoms with Gasteiger partial charge in [0.25, 0.3) is 11.8 Å². The van der Waals surface area contributed by atoms with Gasteiger partial charge in [-0.3, -0.25) is 29.0 Å². The number of carbonyl (C=O) groups is 10. The lowest BCUT2D eigenvalue weighted by molar-refractivity contribution is -0.149. The molecule has 4 aliphatic heterocycles. The number of alkyl carbamates (subject to hydrolysis) is 2.